The molecule has 5 heteroatoms. The van der Waals surface area contributed by atoms with Gasteiger partial charge in [0.1, 0.15) is 4.34 Å². The molecule has 0 spiro atoms. The van der Waals surface area contributed by atoms with E-state index >= 15 is 0 Å². The molecule has 0 saturated heterocycles. The number of carbonyl (C=O) groups is 1. The topological polar surface area (TPSA) is 39.2 Å². The lowest BCUT2D eigenvalue weighted by Crippen LogP contribution is -2.12. The van der Waals surface area contributed by atoms with Gasteiger partial charge in [-0.15, -0.1) is 11.3 Å². The number of thioether (sulfide) groups is 1. The molecule has 0 atom stereocenters. The van der Waals surface area contributed by atoms with Gasteiger partial charge in [0, 0.05) is 16.8 Å². The van der Waals surface area contributed by atoms with E-state index in [4.69, 9.17) is 4.74 Å². The highest BCUT2D eigenvalue weighted by Gasteiger charge is 2.44. The number of thiazole rings is 1. The van der Waals surface area contributed by atoms with Gasteiger partial charge in [-0.3, -0.25) is 4.79 Å². The van der Waals surface area contributed by atoms with E-state index in [2.05, 4.69) is 10.4 Å². The highest BCUT2D eigenvalue weighted by atomic mass is 32.2. The Labute approximate surface area is 104 Å². The number of carbonyl (C=O) groups excluding carboxylic acids is 1. The first kappa shape index (κ1) is 11.9. The number of nitrogens with zero attached hydrogens (tertiary/aromatic N) is 1. The van der Waals surface area contributed by atoms with Gasteiger partial charge in [0.05, 0.1) is 13.5 Å². The number of ether oxygens (including phenoxy) is 1. The quantitative estimate of drug-likeness (QED) is 0.600. The van der Waals surface area contributed by atoms with Crippen LogP contribution in [0.1, 0.15) is 25.0 Å². The van der Waals surface area contributed by atoms with Crippen LogP contribution >= 0.6 is 23.1 Å². The summed E-state index contributed by atoms with van der Waals surface area (Å²) < 4.78 is 5.83. The monoisotopic (exact) mass is 257 g/mol. The van der Waals surface area contributed by atoms with Gasteiger partial charge in [0.15, 0.2) is 0 Å². The molecular weight excluding hydrogens is 242 g/mol. The SMILES string of the molecule is COC(=O)CC1(CSc2nc(C)cs2)CC1. The lowest BCUT2D eigenvalue weighted by Gasteiger charge is -2.11. The van der Waals surface area contributed by atoms with Crippen LogP contribution in [-0.2, 0) is 9.53 Å². The van der Waals surface area contributed by atoms with E-state index in [0.29, 0.717) is 6.42 Å². The number of methoxy groups -OCH3 is 1. The molecule has 88 valence electrons. The lowest BCUT2D eigenvalue weighted by atomic mass is 10.1. The van der Waals surface area contributed by atoms with Gasteiger partial charge in [-0.25, -0.2) is 4.98 Å². The number of aromatic nitrogens is 1. The van der Waals surface area contributed by atoms with Gasteiger partial charge in [-0.2, -0.15) is 0 Å². The third-order valence-electron chi connectivity index (χ3n) is 2.80. The smallest absolute Gasteiger partial charge is 0.306 e. The van der Waals surface area contributed by atoms with Crippen LogP contribution in [0, 0.1) is 12.3 Å². The Hall–Kier alpha value is -0.550. The standard InChI is InChI=1S/C11H15NO2S2/c1-8-6-15-10(12-8)16-7-11(3-4-11)5-9(13)14-2/h6H,3-5,7H2,1-2H3. The third-order valence-corrected chi connectivity index (χ3v) is 5.29. The summed E-state index contributed by atoms with van der Waals surface area (Å²) >= 11 is 3.44. The fourth-order valence-electron chi connectivity index (χ4n) is 1.54. The Morgan fingerprint density at radius 3 is 2.94 bits per heavy atom. The van der Waals surface area contributed by atoms with Crippen LogP contribution < -0.4 is 0 Å². The summed E-state index contributed by atoms with van der Waals surface area (Å²) in [6, 6.07) is 0. The van der Waals surface area contributed by atoms with Crippen molar-refractivity contribution in [3.63, 3.8) is 0 Å². The Morgan fingerprint density at radius 2 is 2.44 bits per heavy atom. The largest absolute Gasteiger partial charge is 0.469 e. The normalized spacial score (nSPS) is 17.1. The summed E-state index contributed by atoms with van der Waals surface area (Å²) in [5.74, 6) is 0.892. The Bertz CT molecular complexity index is 385. The van der Waals surface area contributed by atoms with E-state index in [1.54, 1.807) is 23.1 Å². The third kappa shape index (κ3) is 2.98. The van der Waals surface area contributed by atoms with Gasteiger partial charge in [0.25, 0.3) is 0 Å². The van der Waals surface area contributed by atoms with Gasteiger partial charge in [-0.1, -0.05) is 11.8 Å². The van der Waals surface area contributed by atoms with Crippen LogP contribution in [0.5, 0.6) is 0 Å². The summed E-state index contributed by atoms with van der Waals surface area (Å²) in [4.78, 5) is 15.6. The molecule has 1 aliphatic carbocycles. The Kier molecular flexibility index (Phi) is 3.54. The number of esters is 1. The highest BCUT2D eigenvalue weighted by Crippen LogP contribution is 2.52. The summed E-state index contributed by atoms with van der Waals surface area (Å²) in [6.45, 7) is 2.00. The molecule has 0 N–H and O–H groups in total. The van der Waals surface area contributed by atoms with Crippen LogP contribution in [0.3, 0.4) is 0 Å². The summed E-state index contributed by atoms with van der Waals surface area (Å²) in [5.41, 5.74) is 1.27. The first-order chi connectivity index (χ1) is 7.63. The molecule has 0 aliphatic heterocycles. The maximum absolute atomic E-state index is 11.2. The van der Waals surface area contributed by atoms with Gasteiger partial charge >= 0.3 is 5.97 Å². The van der Waals surface area contributed by atoms with Crippen molar-refractivity contribution in [3.8, 4) is 0 Å². The maximum Gasteiger partial charge on any atom is 0.306 e. The van der Waals surface area contributed by atoms with Gasteiger partial charge in [-0.05, 0) is 25.2 Å². The van der Waals surface area contributed by atoms with Crippen molar-refractivity contribution < 1.29 is 9.53 Å². The average Bonchev–Trinajstić information content (AvgIpc) is 2.90. The summed E-state index contributed by atoms with van der Waals surface area (Å²) in [6.07, 6.45) is 2.83. The summed E-state index contributed by atoms with van der Waals surface area (Å²) in [7, 11) is 1.45. The van der Waals surface area contributed by atoms with Crippen molar-refractivity contribution in [1.29, 1.82) is 0 Å². The number of rotatable bonds is 5. The van der Waals surface area contributed by atoms with Crippen molar-refractivity contribution >= 4 is 29.1 Å². The first-order valence-electron chi connectivity index (χ1n) is 5.25. The predicted octanol–water partition coefficient (Wildman–Crippen LogP) is 2.89. The van der Waals surface area contributed by atoms with Crippen LogP contribution in [0.2, 0.25) is 0 Å². The van der Waals surface area contributed by atoms with Gasteiger partial charge < -0.3 is 4.74 Å². The minimum absolute atomic E-state index is 0.0894. The molecule has 1 aromatic heterocycles. The molecule has 0 radical (unpaired) electrons. The van der Waals surface area contributed by atoms with Crippen LogP contribution in [0.15, 0.2) is 9.72 Å². The molecule has 3 nitrogen and oxygen atoms in total. The lowest BCUT2D eigenvalue weighted by molar-refractivity contribution is -0.141. The zero-order valence-corrected chi connectivity index (χ0v) is 11.1. The maximum atomic E-state index is 11.2. The van der Waals surface area contributed by atoms with E-state index in [0.717, 1.165) is 28.6 Å². The van der Waals surface area contributed by atoms with E-state index in [1.807, 2.05) is 6.92 Å². The molecule has 0 aromatic carbocycles. The molecule has 0 unspecified atom stereocenters. The number of hydrogen-bond acceptors (Lipinski definition) is 5. The first-order valence-corrected chi connectivity index (χ1v) is 7.12. The minimum Gasteiger partial charge on any atom is -0.469 e. The molecule has 2 rings (SSSR count). The van der Waals surface area contributed by atoms with Crippen molar-refractivity contribution in [1.82, 2.24) is 4.98 Å². The second kappa shape index (κ2) is 4.75. The van der Waals surface area contributed by atoms with Gasteiger partial charge in [0.2, 0.25) is 0 Å². The van der Waals surface area contributed by atoms with Crippen LogP contribution in [-0.4, -0.2) is 23.8 Å². The highest BCUT2D eigenvalue weighted by molar-refractivity contribution is 8.01. The molecule has 1 heterocycles. The number of hydrogen-bond donors (Lipinski definition) is 0. The Morgan fingerprint density at radius 1 is 1.69 bits per heavy atom. The van der Waals surface area contributed by atoms with Crippen molar-refractivity contribution in [2.24, 2.45) is 5.41 Å². The molecule has 1 fully saturated rings. The van der Waals surface area contributed by atoms with E-state index in [-0.39, 0.29) is 11.4 Å². The second-order valence-corrected chi connectivity index (χ2v) is 6.38. The number of aryl methyl sites for hydroxylation is 1. The molecule has 1 aliphatic rings. The zero-order chi connectivity index (χ0) is 11.6. The second-order valence-electron chi connectivity index (χ2n) is 4.30. The molecule has 1 aromatic rings. The molecule has 0 bridgehead atoms. The van der Waals surface area contributed by atoms with Crippen molar-refractivity contribution in [3.05, 3.63) is 11.1 Å². The molecule has 1 saturated carbocycles. The summed E-state index contributed by atoms with van der Waals surface area (Å²) in [5, 5.41) is 2.06. The molecule has 16 heavy (non-hydrogen) atoms. The van der Waals surface area contributed by atoms with Crippen LogP contribution in [0.4, 0.5) is 0 Å². The average molecular weight is 257 g/mol. The molecular formula is C11H15NO2S2. The zero-order valence-electron chi connectivity index (χ0n) is 9.49. The molecule has 0 amide bonds. The minimum atomic E-state index is -0.0894. The fraction of sp³-hybridized carbons (Fsp3) is 0.636. The predicted molar refractivity (Wildman–Crippen MR) is 65.9 cm³/mol. The fourth-order valence-corrected chi connectivity index (χ4v) is 3.68. The Balaban J connectivity index is 1.83. The van der Waals surface area contributed by atoms with Crippen LogP contribution in [0.25, 0.3) is 0 Å². The van der Waals surface area contributed by atoms with E-state index < -0.39 is 0 Å². The van der Waals surface area contributed by atoms with Crippen molar-refractivity contribution in [2.45, 2.75) is 30.5 Å². The van der Waals surface area contributed by atoms with E-state index in [1.165, 1.54) is 7.11 Å². The van der Waals surface area contributed by atoms with E-state index in [9.17, 15) is 4.79 Å². The van der Waals surface area contributed by atoms with Crippen molar-refractivity contribution in [2.75, 3.05) is 12.9 Å².